The molecule has 0 aromatic carbocycles. The number of amides is 1. The summed E-state index contributed by atoms with van der Waals surface area (Å²) in [6, 6.07) is 0. The van der Waals surface area contributed by atoms with Gasteiger partial charge in [-0.3, -0.25) is 4.79 Å². The third kappa shape index (κ3) is 2.45. The van der Waals surface area contributed by atoms with Crippen molar-refractivity contribution in [3.05, 3.63) is 0 Å². The van der Waals surface area contributed by atoms with E-state index in [1.54, 1.807) is 4.90 Å². The summed E-state index contributed by atoms with van der Waals surface area (Å²) in [5, 5.41) is 10.5. The lowest BCUT2D eigenvalue weighted by Gasteiger charge is -2.33. The van der Waals surface area contributed by atoms with Gasteiger partial charge in [0.05, 0.1) is 0 Å². The highest BCUT2D eigenvalue weighted by Gasteiger charge is 2.28. The lowest BCUT2D eigenvalue weighted by Crippen LogP contribution is -2.49. The van der Waals surface area contributed by atoms with E-state index in [4.69, 9.17) is 0 Å². The Morgan fingerprint density at radius 1 is 1.14 bits per heavy atom. The van der Waals surface area contributed by atoms with Gasteiger partial charge in [-0.15, -0.1) is 0 Å². The van der Waals surface area contributed by atoms with Crippen molar-refractivity contribution in [3.63, 3.8) is 0 Å². The number of piperazine rings is 1. The van der Waals surface area contributed by atoms with Crippen LogP contribution in [0.15, 0.2) is 0 Å². The monoisotopic (exact) mass is 199 g/mol. The van der Waals surface area contributed by atoms with Crippen LogP contribution in [0.1, 0.15) is 6.92 Å². The Balaban J connectivity index is 2.49. The van der Waals surface area contributed by atoms with E-state index in [1.165, 1.54) is 6.92 Å². The van der Waals surface area contributed by atoms with Crippen LogP contribution in [0.3, 0.4) is 0 Å². The molecular weight excluding hydrogens is 184 g/mol. The van der Waals surface area contributed by atoms with Crippen molar-refractivity contribution in [2.45, 2.75) is 6.92 Å². The molecule has 5 heteroatoms. The van der Waals surface area contributed by atoms with Crippen LogP contribution in [-0.2, 0) is 14.7 Å². The van der Waals surface area contributed by atoms with Crippen molar-refractivity contribution in [3.8, 4) is 0 Å². The van der Waals surface area contributed by atoms with Crippen molar-refractivity contribution in [1.29, 1.82) is 0 Å². The summed E-state index contributed by atoms with van der Waals surface area (Å²) in [6.45, 7) is 4.17. The zero-order chi connectivity index (χ0) is 10.7. The molecule has 1 rings (SSSR count). The van der Waals surface area contributed by atoms with Crippen LogP contribution >= 0.6 is 0 Å². The van der Waals surface area contributed by atoms with Crippen LogP contribution in [0, 0.1) is 5.92 Å². The van der Waals surface area contributed by atoms with Crippen LogP contribution in [0.2, 0.25) is 0 Å². The van der Waals surface area contributed by atoms with E-state index in [9.17, 15) is 14.7 Å². The van der Waals surface area contributed by atoms with Crippen molar-refractivity contribution < 1.29 is 14.7 Å². The summed E-state index contributed by atoms with van der Waals surface area (Å²) in [4.78, 5) is 25.7. The van der Waals surface area contributed by atoms with E-state index in [0.29, 0.717) is 13.1 Å². The second kappa shape index (κ2) is 4.41. The Bertz CT molecular complexity index is 234. The molecule has 1 unspecified atom stereocenters. The predicted molar refractivity (Wildman–Crippen MR) is 48.9 cm³/mol. The number of nitrogens with zero attached hydrogens (tertiary/aromatic N) is 2. The minimum Gasteiger partial charge on any atom is -0.339 e. The minimum absolute atomic E-state index is 0.335. The first-order valence-electron chi connectivity index (χ1n) is 4.70. The van der Waals surface area contributed by atoms with E-state index in [0.717, 1.165) is 13.1 Å². The molecule has 1 aliphatic rings. The number of carbonyl (C=O) groups excluding carboxylic acids is 2. The molecule has 1 radical (unpaired) electrons. The largest absolute Gasteiger partial charge is 0.367 e. The molecule has 1 aliphatic heterocycles. The summed E-state index contributed by atoms with van der Waals surface area (Å²) < 4.78 is 0. The first-order valence-corrected chi connectivity index (χ1v) is 4.70. The maximum atomic E-state index is 11.5. The Morgan fingerprint density at radius 2 is 1.64 bits per heavy atom. The van der Waals surface area contributed by atoms with Gasteiger partial charge in [0.15, 0.2) is 0 Å². The Kier molecular flexibility index (Phi) is 3.46. The van der Waals surface area contributed by atoms with Crippen LogP contribution < -0.4 is 0 Å². The molecule has 1 fully saturated rings. The van der Waals surface area contributed by atoms with Crippen LogP contribution in [0.25, 0.3) is 0 Å². The van der Waals surface area contributed by atoms with E-state index < -0.39 is 11.9 Å². The van der Waals surface area contributed by atoms with Crippen molar-refractivity contribution in [2.75, 3.05) is 33.2 Å². The average molecular weight is 199 g/mol. The number of carbonyl (C=O) groups is 2. The third-order valence-electron chi connectivity index (χ3n) is 2.54. The van der Waals surface area contributed by atoms with Gasteiger partial charge >= 0.3 is 5.97 Å². The average Bonchev–Trinajstić information content (AvgIpc) is 2.16. The molecule has 5 nitrogen and oxygen atoms in total. The van der Waals surface area contributed by atoms with Gasteiger partial charge < -0.3 is 9.80 Å². The lowest BCUT2D eigenvalue weighted by molar-refractivity contribution is -0.155. The normalized spacial score (nSPS) is 20.6. The van der Waals surface area contributed by atoms with Gasteiger partial charge in [0.25, 0.3) is 0 Å². The molecule has 0 aromatic heterocycles. The zero-order valence-corrected chi connectivity index (χ0v) is 8.52. The van der Waals surface area contributed by atoms with Crippen LogP contribution in [0.4, 0.5) is 0 Å². The van der Waals surface area contributed by atoms with Gasteiger partial charge in [-0.1, -0.05) is 0 Å². The Hall–Kier alpha value is -1.10. The molecule has 1 amide bonds. The fourth-order valence-electron chi connectivity index (χ4n) is 1.40. The van der Waals surface area contributed by atoms with E-state index in [-0.39, 0.29) is 5.91 Å². The number of hydrogen-bond acceptors (Lipinski definition) is 3. The standard InChI is InChI=1S/C9H15N2O3/c1-7(9(13)14)8(12)11-5-3-10(2)4-6-11/h7H,3-6H2,1-2H3. The molecule has 14 heavy (non-hydrogen) atoms. The smallest absolute Gasteiger partial charge is 0.339 e. The second-order valence-corrected chi connectivity index (χ2v) is 3.67. The van der Waals surface area contributed by atoms with Gasteiger partial charge in [0.1, 0.15) is 5.92 Å². The van der Waals surface area contributed by atoms with E-state index in [1.807, 2.05) is 7.05 Å². The molecule has 1 atom stereocenters. The SMILES string of the molecule is CC(C([O])=O)C(=O)N1CCN(C)CC1. The number of likely N-dealkylation sites (N-methyl/N-ethyl adjacent to an activating group) is 1. The van der Waals surface area contributed by atoms with Gasteiger partial charge in [-0.05, 0) is 14.0 Å². The zero-order valence-electron chi connectivity index (χ0n) is 8.52. The van der Waals surface area contributed by atoms with Crippen molar-refractivity contribution in [1.82, 2.24) is 9.80 Å². The molecule has 0 spiro atoms. The van der Waals surface area contributed by atoms with Gasteiger partial charge in [0, 0.05) is 26.2 Å². The van der Waals surface area contributed by atoms with E-state index >= 15 is 0 Å². The van der Waals surface area contributed by atoms with Crippen molar-refractivity contribution in [2.24, 2.45) is 5.92 Å². The third-order valence-corrected chi connectivity index (χ3v) is 2.54. The molecule has 1 saturated heterocycles. The summed E-state index contributed by atoms with van der Waals surface area (Å²) in [5.74, 6) is -2.66. The first kappa shape index (κ1) is 11.0. The Morgan fingerprint density at radius 3 is 2.07 bits per heavy atom. The minimum atomic E-state index is -1.30. The summed E-state index contributed by atoms with van der Waals surface area (Å²) in [6.07, 6.45) is 0. The highest BCUT2D eigenvalue weighted by Crippen LogP contribution is 2.06. The highest BCUT2D eigenvalue weighted by molar-refractivity contribution is 5.96. The lowest BCUT2D eigenvalue weighted by atomic mass is 10.1. The fourth-order valence-corrected chi connectivity index (χ4v) is 1.40. The summed E-state index contributed by atoms with van der Waals surface area (Å²) in [5.41, 5.74) is 0. The maximum Gasteiger partial charge on any atom is 0.367 e. The molecule has 0 saturated carbocycles. The van der Waals surface area contributed by atoms with Crippen LogP contribution in [0.5, 0.6) is 0 Å². The quantitative estimate of drug-likeness (QED) is 0.555. The summed E-state index contributed by atoms with van der Waals surface area (Å²) in [7, 11) is 1.98. The molecular formula is C9H15N2O3. The molecule has 0 aromatic rings. The van der Waals surface area contributed by atoms with Crippen molar-refractivity contribution >= 4 is 11.9 Å². The van der Waals surface area contributed by atoms with Gasteiger partial charge in [-0.25, -0.2) is 9.90 Å². The van der Waals surface area contributed by atoms with Crippen LogP contribution in [-0.4, -0.2) is 54.9 Å². The number of hydrogen-bond donors (Lipinski definition) is 0. The van der Waals surface area contributed by atoms with Gasteiger partial charge in [-0.2, -0.15) is 0 Å². The molecule has 0 aliphatic carbocycles. The predicted octanol–water partition coefficient (Wildman–Crippen LogP) is -0.646. The highest BCUT2D eigenvalue weighted by atomic mass is 16.4. The first-order chi connectivity index (χ1) is 6.52. The fraction of sp³-hybridized carbons (Fsp3) is 0.778. The van der Waals surface area contributed by atoms with E-state index in [2.05, 4.69) is 4.90 Å². The molecule has 1 heterocycles. The second-order valence-electron chi connectivity index (χ2n) is 3.67. The molecule has 0 bridgehead atoms. The van der Waals surface area contributed by atoms with Gasteiger partial charge in [0.2, 0.25) is 5.91 Å². The molecule has 79 valence electrons. The Labute approximate surface area is 83.3 Å². The topological polar surface area (TPSA) is 60.5 Å². The molecule has 0 N–H and O–H groups in total. The number of rotatable bonds is 2. The maximum absolute atomic E-state index is 11.5. The summed E-state index contributed by atoms with van der Waals surface area (Å²) >= 11 is 0.